The summed E-state index contributed by atoms with van der Waals surface area (Å²) in [6.07, 6.45) is 0.923. The number of benzene rings is 2. The molecule has 0 radical (unpaired) electrons. The number of carbonyl (C=O) groups is 2. The number of aryl methyl sites for hydroxylation is 2. The number of nitrogens with one attached hydrogen (secondary N) is 1. The first kappa shape index (κ1) is 23.2. The molecular weight excluding hydrogens is 449 g/mol. The van der Waals surface area contributed by atoms with E-state index in [2.05, 4.69) is 15.6 Å². The Balaban J connectivity index is 1.18. The van der Waals surface area contributed by atoms with Crippen LogP contribution >= 0.6 is 0 Å². The maximum absolute atomic E-state index is 13.8. The molecule has 0 saturated carbocycles. The Labute approximate surface area is 203 Å². The van der Waals surface area contributed by atoms with Crippen LogP contribution in [0, 0.1) is 25.6 Å². The van der Waals surface area contributed by atoms with Gasteiger partial charge in [-0.15, -0.1) is 5.10 Å². The third-order valence-corrected chi connectivity index (χ3v) is 6.84. The van der Waals surface area contributed by atoms with Gasteiger partial charge in [0.1, 0.15) is 11.9 Å². The van der Waals surface area contributed by atoms with E-state index in [9.17, 15) is 14.0 Å². The maximum Gasteiger partial charge on any atom is 0.276 e. The van der Waals surface area contributed by atoms with Gasteiger partial charge in [0.25, 0.3) is 5.91 Å². The molecule has 1 atom stereocenters. The fourth-order valence-electron chi connectivity index (χ4n) is 4.57. The molecule has 0 unspecified atom stereocenters. The number of ether oxygens (including phenoxy) is 1. The van der Waals surface area contributed by atoms with Crippen LogP contribution in [0.3, 0.4) is 0 Å². The molecule has 2 aliphatic heterocycles. The molecule has 1 N–H and O–H groups in total. The van der Waals surface area contributed by atoms with Crippen LogP contribution in [-0.4, -0.2) is 44.8 Å². The molecule has 2 aromatic carbocycles. The molecule has 8 nitrogen and oxygen atoms in total. The van der Waals surface area contributed by atoms with Gasteiger partial charge in [-0.25, -0.2) is 9.07 Å². The number of aromatic nitrogens is 3. The van der Waals surface area contributed by atoms with E-state index in [0.29, 0.717) is 55.1 Å². The Morgan fingerprint density at radius 3 is 2.54 bits per heavy atom. The zero-order valence-electron chi connectivity index (χ0n) is 19.8. The number of rotatable bonds is 4. The van der Waals surface area contributed by atoms with Crippen molar-refractivity contribution in [3.05, 3.63) is 76.4 Å². The molecule has 5 rings (SSSR count). The zero-order chi connectivity index (χ0) is 24.5. The Morgan fingerprint density at radius 2 is 1.83 bits per heavy atom. The van der Waals surface area contributed by atoms with Gasteiger partial charge in [-0.05, 0) is 49.9 Å². The van der Waals surface area contributed by atoms with E-state index in [1.807, 2.05) is 31.2 Å². The topological polar surface area (TPSA) is 89.4 Å². The van der Waals surface area contributed by atoms with E-state index in [0.717, 1.165) is 5.56 Å². The van der Waals surface area contributed by atoms with Crippen molar-refractivity contribution in [1.82, 2.24) is 19.9 Å². The number of carbonyl (C=O) groups excluding carboxylic acids is 2. The minimum absolute atomic E-state index is 0.135. The lowest BCUT2D eigenvalue weighted by Gasteiger charge is -2.31. The summed E-state index contributed by atoms with van der Waals surface area (Å²) in [6, 6.07) is 12.8. The monoisotopic (exact) mass is 477 g/mol. The molecular formula is C26H28FN5O3. The standard InChI is InChI=1S/C26H28FN5O3/c1-16-3-6-18(7-4-16)23-14-32-22(15-35-23)24(29-30-32)26(34)31-11-9-19(10-12-31)25(33)28-20-8-5-17(2)21(27)13-20/h3-8,13,19,23H,9-12,14-15H2,1-2H3,(H,28,33)/t23-/m1/s1. The predicted octanol–water partition coefficient (Wildman–Crippen LogP) is 3.80. The lowest BCUT2D eigenvalue weighted by molar-refractivity contribution is -0.121. The normalized spacial score (nSPS) is 18.3. The van der Waals surface area contributed by atoms with E-state index >= 15 is 0 Å². The fraction of sp³-hybridized carbons (Fsp3) is 0.385. The van der Waals surface area contributed by atoms with Gasteiger partial charge in [0.2, 0.25) is 5.91 Å². The minimum atomic E-state index is -0.352. The summed E-state index contributed by atoms with van der Waals surface area (Å²) in [5, 5.41) is 11.2. The van der Waals surface area contributed by atoms with Crippen LogP contribution in [0.1, 0.15) is 51.8 Å². The largest absolute Gasteiger partial charge is 0.365 e. The first-order chi connectivity index (χ1) is 16.9. The smallest absolute Gasteiger partial charge is 0.276 e. The van der Waals surface area contributed by atoms with Crippen molar-refractivity contribution >= 4 is 17.5 Å². The predicted molar refractivity (Wildman–Crippen MR) is 127 cm³/mol. The molecule has 3 heterocycles. The number of anilines is 1. The van der Waals surface area contributed by atoms with Crippen LogP contribution in [0.5, 0.6) is 0 Å². The highest BCUT2D eigenvalue weighted by atomic mass is 19.1. The van der Waals surface area contributed by atoms with E-state index in [4.69, 9.17) is 4.74 Å². The highest BCUT2D eigenvalue weighted by Crippen LogP contribution is 2.28. The average molecular weight is 478 g/mol. The summed E-state index contributed by atoms with van der Waals surface area (Å²) >= 11 is 0. The van der Waals surface area contributed by atoms with E-state index in [-0.39, 0.29) is 36.3 Å². The van der Waals surface area contributed by atoms with Crippen molar-refractivity contribution < 1.29 is 18.7 Å². The molecule has 35 heavy (non-hydrogen) atoms. The van der Waals surface area contributed by atoms with Crippen LogP contribution in [0.15, 0.2) is 42.5 Å². The quantitative estimate of drug-likeness (QED) is 0.618. The highest BCUT2D eigenvalue weighted by Gasteiger charge is 2.33. The van der Waals surface area contributed by atoms with E-state index in [1.54, 1.807) is 28.6 Å². The first-order valence-corrected chi connectivity index (χ1v) is 11.9. The van der Waals surface area contributed by atoms with E-state index in [1.165, 1.54) is 11.6 Å². The average Bonchev–Trinajstić information content (AvgIpc) is 3.29. The second-order valence-corrected chi connectivity index (χ2v) is 9.30. The summed E-state index contributed by atoms with van der Waals surface area (Å²) in [5.74, 6) is -0.939. The van der Waals surface area contributed by atoms with Crippen molar-refractivity contribution in [2.24, 2.45) is 5.92 Å². The lowest BCUT2D eigenvalue weighted by Crippen LogP contribution is -2.42. The molecule has 1 saturated heterocycles. The summed E-state index contributed by atoms with van der Waals surface area (Å²) in [7, 11) is 0. The molecule has 2 aliphatic rings. The van der Waals surface area contributed by atoms with Gasteiger partial charge in [-0.2, -0.15) is 0 Å². The molecule has 1 aromatic heterocycles. The number of amides is 2. The Hall–Kier alpha value is -3.59. The Bertz CT molecular complexity index is 1250. The Morgan fingerprint density at radius 1 is 1.09 bits per heavy atom. The number of nitrogens with zero attached hydrogens (tertiary/aromatic N) is 4. The SMILES string of the molecule is Cc1ccc([C@H]2Cn3nnc(C(=O)N4CCC(C(=O)Nc5ccc(C)c(F)c5)CC4)c3CO2)cc1. The van der Waals surface area contributed by atoms with Crippen LogP contribution < -0.4 is 5.32 Å². The molecule has 3 aromatic rings. The van der Waals surface area contributed by atoms with Gasteiger partial charge in [-0.1, -0.05) is 41.1 Å². The van der Waals surface area contributed by atoms with Gasteiger partial charge in [0.15, 0.2) is 5.69 Å². The maximum atomic E-state index is 13.8. The summed E-state index contributed by atoms with van der Waals surface area (Å²) in [5.41, 5.74) is 4.21. The molecule has 1 fully saturated rings. The van der Waals surface area contributed by atoms with Crippen molar-refractivity contribution in [2.75, 3.05) is 18.4 Å². The number of hydrogen-bond donors (Lipinski definition) is 1. The van der Waals surface area contributed by atoms with Gasteiger partial charge < -0.3 is 15.0 Å². The van der Waals surface area contributed by atoms with Crippen LogP contribution in [-0.2, 0) is 22.7 Å². The van der Waals surface area contributed by atoms with Gasteiger partial charge in [0.05, 0.1) is 18.8 Å². The zero-order valence-corrected chi connectivity index (χ0v) is 19.8. The van der Waals surface area contributed by atoms with E-state index < -0.39 is 0 Å². The molecule has 0 bridgehead atoms. The summed E-state index contributed by atoms with van der Waals surface area (Å²) < 4.78 is 21.6. The number of halogens is 1. The van der Waals surface area contributed by atoms with Crippen LogP contribution in [0.25, 0.3) is 0 Å². The molecule has 2 amide bonds. The van der Waals surface area contributed by atoms with Gasteiger partial charge in [0, 0.05) is 24.7 Å². The van der Waals surface area contributed by atoms with Crippen molar-refractivity contribution in [2.45, 2.75) is 45.9 Å². The molecule has 0 aliphatic carbocycles. The number of fused-ring (bicyclic) bond motifs is 1. The van der Waals surface area contributed by atoms with Gasteiger partial charge in [-0.3, -0.25) is 9.59 Å². The van der Waals surface area contributed by atoms with Gasteiger partial charge >= 0.3 is 0 Å². The summed E-state index contributed by atoms with van der Waals surface area (Å²) in [6.45, 7) is 5.37. The molecule has 182 valence electrons. The van der Waals surface area contributed by atoms with Crippen molar-refractivity contribution in [1.29, 1.82) is 0 Å². The first-order valence-electron chi connectivity index (χ1n) is 11.9. The number of hydrogen-bond acceptors (Lipinski definition) is 5. The number of piperidine rings is 1. The minimum Gasteiger partial charge on any atom is -0.365 e. The van der Waals surface area contributed by atoms with Crippen LogP contribution in [0.4, 0.5) is 10.1 Å². The molecule has 9 heteroatoms. The van der Waals surface area contributed by atoms with Crippen LogP contribution in [0.2, 0.25) is 0 Å². The lowest BCUT2D eigenvalue weighted by atomic mass is 9.95. The summed E-state index contributed by atoms with van der Waals surface area (Å²) in [4.78, 5) is 27.5. The fourth-order valence-corrected chi connectivity index (χ4v) is 4.57. The molecule has 0 spiro atoms. The Kier molecular flexibility index (Phi) is 6.34. The van der Waals surface area contributed by atoms with Crippen molar-refractivity contribution in [3.8, 4) is 0 Å². The second kappa shape index (κ2) is 9.58. The third-order valence-electron chi connectivity index (χ3n) is 6.84. The number of likely N-dealkylation sites (tertiary alicyclic amines) is 1. The third kappa shape index (κ3) is 4.81. The second-order valence-electron chi connectivity index (χ2n) is 9.30. The van der Waals surface area contributed by atoms with Crippen molar-refractivity contribution in [3.63, 3.8) is 0 Å². The highest BCUT2D eigenvalue weighted by molar-refractivity contribution is 5.94.